The van der Waals surface area contributed by atoms with Crippen molar-refractivity contribution in [3.05, 3.63) is 55.4 Å². The number of urea groups is 1. The molecular formula is C18H17Br2ClN4O. The predicted octanol–water partition coefficient (Wildman–Crippen LogP) is 5.28. The quantitative estimate of drug-likeness (QED) is 0.542. The SMILES string of the molecule is CC1Cc2cc(Br)c(N)c(Br)c2C=NN1C(=O)N(C)c1ccc(Cl)cc1. The highest BCUT2D eigenvalue weighted by atomic mass is 79.9. The van der Waals surface area contributed by atoms with E-state index in [-0.39, 0.29) is 12.1 Å². The second kappa shape index (κ2) is 7.58. The monoisotopic (exact) mass is 498 g/mol. The van der Waals surface area contributed by atoms with Crippen LogP contribution in [0.2, 0.25) is 5.02 Å². The summed E-state index contributed by atoms with van der Waals surface area (Å²) in [7, 11) is 1.72. The minimum Gasteiger partial charge on any atom is -0.397 e. The number of hydrogen-bond donors (Lipinski definition) is 1. The largest absolute Gasteiger partial charge is 0.397 e. The van der Waals surface area contributed by atoms with Crippen molar-refractivity contribution in [3.63, 3.8) is 0 Å². The maximum Gasteiger partial charge on any atom is 0.344 e. The van der Waals surface area contributed by atoms with Gasteiger partial charge in [0.25, 0.3) is 0 Å². The third-order valence-electron chi connectivity index (χ3n) is 4.32. The second-order valence-electron chi connectivity index (χ2n) is 6.12. The number of fused-ring (bicyclic) bond motifs is 1. The molecule has 26 heavy (non-hydrogen) atoms. The van der Waals surface area contributed by atoms with Crippen molar-refractivity contribution in [3.8, 4) is 0 Å². The fourth-order valence-electron chi connectivity index (χ4n) is 2.81. The Morgan fingerprint density at radius 3 is 2.65 bits per heavy atom. The molecule has 2 aromatic carbocycles. The van der Waals surface area contributed by atoms with Crippen LogP contribution < -0.4 is 10.6 Å². The van der Waals surface area contributed by atoms with E-state index in [9.17, 15) is 4.79 Å². The first-order valence-corrected chi connectivity index (χ1v) is 9.88. The third-order valence-corrected chi connectivity index (χ3v) is 6.08. The third kappa shape index (κ3) is 3.61. The van der Waals surface area contributed by atoms with Crippen molar-refractivity contribution in [2.45, 2.75) is 19.4 Å². The molecule has 8 heteroatoms. The van der Waals surface area contributed by atoms with Gasteiger partial charge in [0.15, 0.2) is 0 Å². The lowest BCUT2D eigenvalue weighted by Gasteiger charge is -2.28. The molecule has 2 amide bonds. The Morgan fingerprint density at radius 2 is 2.00 bits per heavy atom. The maximum atomic E-state index is 13.0. The van der Waals surface area contributed by atoms with E-state index >= 15 is 0 Å². The summed E-state index contributed by atoms with van der Waals surface area (Å²) in [5.41, 5.74) is 9.39. The molecule has 0 radical (unpaired) electrons. The number of anilines is 2. The first-order chi connectivity index (χ1) is 12.3. The summed E-state index contributed by atoms with van der Waals surface area (Å²) >= 11 is 12.9. The van der Waals surface area contributed by atoms with Crippen LogP contribution in [0.15, 0.2) is 44.4 Å². The van der Waals surface area contributed by atoms with Crippen LogP contribution in [0.1, 0.15) is 18.1 Å². The second-order valence-corrected chi connectivity index (χ2v) is 8.20. The Kier molecular flexibility index (Phi) is 5.60. The number of benzene rings is 2. The Morgan fingerprint density at radius 1 is 1.35 bits per heavy atom. The van der Waals surface area contributed by atoms with Gasteiger partial charge in [-0.3, -0.25) is 4.90 Å². The number of amides is 2. The molecule has 2 aromatic rings. The Balaban J connectivity index is 1.91. The molecule has 0 aromatic heterocycles. The van der Waals surface area contributed by atoms with Gasteiger partial charge in [0.05, 0.1) is 22.4 Å². The van der Waals surface area contributed by atoms with E-state index < -0.39 is 0 Å². The molecule has 0 saturated carbocycles. The summed E-state index contributed by atoms with van der Waals surface area (Å²) in [5.74, 6) is 0. The summed E-state index contributed by atoms with van der Waals surface area (Å²) in [6.45, 7) is 1.97. The van der Waals surface area contributed by atoms with Crippen LogP contribution in [0.5, 0.6) is 0 Å². The van der Waals surface area contributed by atoms with Crippen LogP contribution >= 0.6 is 43.5 Å². The number of nitrogen functional groups attached to an aromatic ring is 1. The average Bonchev–Trinajstić information content (AvgIpc) is 2.77. The summed E-state index contributed by atoms with van der Waals surface area (Å²) in [5, 5.41) is 6.55. The lowest BCUT2D eigenvalue weighted by molar-refractivity contribution is 0.190. The Bertz CT molecular complexity index is 886. The van der Waals surface area contributed by atoms with Gasteiger partial charge in [0, 0.05) is 27.8 Å². The van der Waals surface area contributed by atoms with Gasteiger partial charge in [-0.05, 0) is 81.1 Å². The molecule has 2 N–H and O–H groups in total. The first kappa shape index (κ1) is 19.2. The molecular weight excluding hydrogens is 483 g/mol. The molecule has 5 nitrogen and oxygen atoms in total. The number of carbonyl (C=O) groups excluding carboxylic acids is 1. The highest BCUT2D eigenvalue weighted by Gasteiger charge is 2.27. The number of carbonyl (C=O) groups is 1. The lowest BCUT2D eigenvalue weighted by atomic mass is 10.0. The van der Waals surface area contributed by atoms with Gasteiger partial charge in [-0.15, -0.1) is 0 Å². The number of nitrogens with two attached hydrogens (primary N) is 1. The Labute approximate surface area is 174 Å². The molecule has 1 heterocycles. The standard InChI is InChI=1S/C18H17Br2ClN4O/c1-10-7-11-8-15(19)17(22)16(20)14(11)9-23-25(10)18(26)24(2)13-5-3-12(21)4-6-13/h3-6,8-10H,7,22H2,1-2H3. The van der Waals surface area contributed by atoms with Gasteiger partial charge in [-0.1, -0.05) is 11.6 Å². The first-order valence-electron chi connectivity index (χ1n) is 7.92. The number of hydrazone groups is 1. The number of hydrogen-bond acceptors (Lipinski definition) is 3. The van der Waals surface area contributed by atoms with Crippen LogP contribution in [0, 0.1) is 0 Å². The van der Waals surface area contributed by atoms with E-state index in [4.69, 9.17) is 17.3 Å². The van der Waals surface area contributed by atoms with Crippen LogP contribution in [0.4, 0.5) is 16.2 Å². The highest BCUT2D eigenvalue weighted by molar-refractivity contribution is 9.11. The predicted molar refractivity (Wildman–Crippen MR) is 114 cm³/mol. The minimum absolute atomic E-state index is 0.114. The fraction of sp³-hybridized carbons (Fsp3) is 0.222. The molecule has 1 atom stereocenters. The van der Waals surface area contributed by atoms with E-state index in [1.165, 1.54) is 5.01 Å². The van der Waals surface area contributed by atoms with Crippen molar-refractivity contribution in [1.29, 1.82) is 0 Å². The molecule has 0 saturated heterocycles. The van der Waals surface area contributed by atoms with Crippen molar-refractivity contribution in [1.82, 2.24) is 5.01 Å². The molecule has 0 fully saturated rings. The molecule has 3 rings (SSSR count). The Hall–Kier alpha value is -1.57. The summed E-state index contributed by atoms with van der Waals surface area (Å²) < 4.78 is 1.60. The summed E-state index contributed by atoms with van der Waals surface area (Å²) in [6, 6.07) is 8.76. The van der Waals surface area contributed by atoms with E-state index in [0.29, 0.717) is 17.1 Å². The molecule has 1 aliphatic rings. The normalized spacial score (nSPS) is 16.2. The zero-order chi connectivity index (χ0) is 19.0. The zero-order valence-corrected chi connectivity index (χ0v) is 18.1. The van der Waals surface area contributed by atoms with Crippen molar-refractivity contribution < 1.29 is 4.79 Å². The van der Waals surface area contributed by atoms with Gasteiger partial charge >= 0.3 is 6.03 Å². The topological polar surface area (TPSA) is 61.9 Å². The van der Waals surface area contributed by atoms with Gasteiger partial charge in [-0.2, -0.15) is 5.10 Å². The van der Waals surface area contributed by atoms with Crippen LogP contribution in [0.25, 0.3) is 0 Å². The summed E-state index contributed by atoms with van der Waals surface area (Å²) in [4.78, 5) is 14.5. The fourth-order valence-corrected chi connectivity index (χ4v) is 4.25. The number of nitrogens with zero attached hydrogens (tertiary/aromatic N) is 3. The van der Waals surface area contributed by atoms with Crippen LogP contribution in [-0.4, -0.2) is 30.3 Å². The van der Waals surface area contributed by atoms with E-state index in [1.807, 2.05) is 13.0 Å². The van der Waals surface area contributed by atoms with Crippen LogP contribution in [0.3, 0.4) is 0 Å². The molecule has 1 unspecified atom stereocenters. The minimum atomic E-state index is -0.216. The van der Waals surface area contributed by atoms with Crippen molar-refractivity contribution in [2.24, 2.45) is 5.10 Å². The van der Waals surface area contributed by atoms with Gasteiger partial charge in [0.2, 0.25) is 0 Å². The lowest BCUT2D eigenvalue weighted by Crippen LogP contribution is -2.43. The number of rotatable bonds is 1. The molecule has 0 bridgehead atoms. The van der Waals surface area contributed by atoms with E-state index in [2.05, 4.69) is 37.0 Å². The molecule has 1 aliphatic heterocycles. The molecule has 0 aliphatic carbocycles. The average molecular weight is 501 g/mol. The zero-order valence-electron chi connectivity index (χ0n) is 14.2. The molecule has 136 valence electrons. The van der Waals surface area contributed by atoms with Crippen molar-refractivity contribution in [2.75, 3.05) is 17.7 Å². The van der Waals surface area contributed by atoms with Gasteiger partial charge in [0.1, 0.15) is 0 Å². The maximum absolute atomic E-state index is 13.0. The van der Waals surface area contributed by atoms with E-state index in [1.54, 1.807) is 42.4 Å². The van der Waals surface area contributed by atoms with Gasteiger partial charge in [-0.25, -0.2) is 9.80 Å². The van der Waals surface area contributed by atoms with Gasteiger partial charge < -0.3 is 5.73 Å². The summed E-state index contributed by atoms with van der Waals surface area (Å²) in [6.07, 6.45) is 2.34. The number of halogens is 3. The van der Waals surface area contributed by atoms with E-state index in [0.717, 1.165) is 25.8 Å². The molecule has 0 spiro atoms. The smallest absolute Gasteiger partial charge is 0.344 e. The van der Waals surface area contributed by atoms with Crippen molar-refractivity contribution >= 4 is 67.1 Å². The van der Waals surface area contributed by atoms with Crippen LogP contribution in [-0.2, 0) is 6.42 Å². The highest BCUT2D eigenvalue weighted by Crippen LogP contribution is 2.35.